The number of hydrogen-bond acceptors (Lipinski definition) is 13. The Morgan fingerprint density at radius 1 is 1.09 bits per heavy atom. The van der Waals surface area contributed by atoms with Gasteiger partial charge in [0.1, 0.15) is 11.3 Å². The van der Waals surface area contributed by atoms with Crippen LogP contribution in [0.15, 0.2) is 55.5 Å². The number of ketones is 1. The number of benzene rings is 1. The first kappa shape index (κ1) is 37.5. The third-order valence-electron chi connectivity index (χ3n) is 10.00. The molecule has 3 aliphatic rings. The molecule has 2 aromatic heterocycles. The standard InChI is InChI=1S/C35H43N9O8S/c1-6-7-21-18-35(21,32(47)42-53(49,50)24-12-13-24)39-31(46)26-17-22(44-41-30(40-43-44)20-8-10-23(51-5)11-9-20)16-25(26)28(45)29(34(2,3)4)38-33(48)52-27-19-36-14-15-37-27/h6,8-11,14-15,19,21-22,24-26,29H,1,7,12-13,16-18H2,2-5H3,(H,38,48)(H,39,46)(H,42,47)/t21-,22+,25?,26-,29?,35+/m1/s1. The minimum Gasteiger partial charge on any atom is -0.497 e. The Hall–Kier alpha value is -5.26. The number of methoxy groups -OCH3 is 1. The molecule has 0 bridgehead atoms. The molecule has 0 aliphatic heterocycles. The van der Waals surface area contributed by atoms with Gasteiger partial charge in [-0.1, -0.05) is 26.8 Å². The van der Waals surface area contributed by atoms with Crippen LogP contribution >= 0.6 is 0 Å². The van der Waals surface area contributed by atoms with E-state index in [4.69, 9.17) is 9.47 Å². The summed E-state index contributed by atoms with van der Waals surface area (Å²) in [7, 11) is -2.35. The number of amides is 3. The van der Waals surface area contributed by atoms with Crippen molar-refractivity contribution in [3.8, 4) is 23.0 Å². The number of sulfonamides is 1. The number of tetrazole rings is 1. The Kier molecular flexibility index (Phi) is 10.4. The van der Waals surface area contributed by atoms with Gasteiger partial charge in [-0.15, -0.1) is 16.8 Å². The molecule has 2 heterocycles. The molecule has 0 saturated heterocycles. The minimum atomic E-state index is -3.90. The van der Waals surface area contributed by atoms with Crippen LogP contribution in [-0.4, -0.2) is 86.2 Å². The molecule has 3 amide bonds. The highest BCUT2D eigenvalue weighted by atomic mass is 32.2. The van der Waals surface area contributed by atoms with Crippen molar-refractivity contribution in [2.45, 2.75) is 82.2 Å². The molecule has 17 nitrogen and oxygen atoms in total. The van der Waals surface area contributed by atoms with Crippen LogP contribution in [-0.2, 0) is 24.4 Å². The van der Waals surface area contributed by atoms with Gasteiger partial charge < -0.3 is 20.1 Å². The van der Waals surface area contributed by atoms with Crippen LogP contribution in [0.3, 0.4) is 0 Å². The average Bonchev–Trinajstić information content (AvgIpc) is 3.99. The molecule has 3 aromatic rings. The van der Waals surface area contributed by atoms with Gasteiger partial charge in [0.25, 0.3) is 5.91 Å². The van der Waals surface area contributed by atoms with Crippen molar-refractivity contribution in [3.63, 3.8) is 0 Å². The maximum Gasteiger partial charge on any atom is 0.414 e. The van der Waals surface area contributed by atoms with E-state index in [1.165, 1.54) is 23.4 Å². The summed E-state index contributed by atoms with van der Waals surface area (Å²) in [6.45, 7) is 9.05. The lowest BCUT2D eigenvalue weighted by Crippen LogP contribution is -2.56. The molecule has 6 rings (SSSR count). The normalized spacial score (nSPS) is 24.4. The number of carbonyl (C=O) groups is 4. The van der Waals surface area contributed by atoms with Crippen LogP contribution < -0.4 is 24.8 Å². The number of hydrogen-bond donors (Lipinski definition) is 3. The third kappa shape index (κ3) is 8.21. The molecule has 3 N–H and O–H groups in total. The second kappa shape index (κ2) is 14.6. The van der Waals surface area contributed by atoms with Crippen molar-refractivity contribution in [1.29, 1.82) is 0 Å². The summed E-state index contributed by atoms with van der Waals surface area (Å²) in [5.41, 5.74) is -1.67. The summed E-state index contributed by atoms with van der Waals surface area (Å²) >= 11 is 0. The fourth-order valence-electron chi connectivity index (χ4n) is 6.85. The van der Waals surface area contributed by atoms with Gasteiger partial charge in [0.2, 0.25) is 27.6 Å². The van der Waals surface area contributed by atoms with Crippen LogP contribution in [0, 0.1) is 23.2 Å². The quantitative estimate of drug-likeness (QED) is 0.202. The van der Waals surface area contributed by atoms with Crippen molar-refractivity contribution in [2.24, 2.45) is 23.2 Å². The number of nitrogens with zero attached hydrogens (tertiary/aromatic N) is 6. The van der Waals surface area contributed by atoms with E-state index in [9.17, 15) is 27.6 Å². The summed E-state index contributed by atoms with van der Waals surface area (Å²) in [6.07, 6.45) is 6.34. The van der Waals surface area contributed by atoms with Gasteiger partial charge in [-0.25, -0.2) is 18.2 Å². The Balaban J connectivity index is 1.28. The number of nitrogens with one attached hydrogen (secondary N) is 3. The molecule has 0 spiro atoms. The molecule has 0 radical (unpaired) electrons. The monoisotopic (exact) mass is 749 g/mol. The molecule has 53 heavy (non-hydrogen) atoms. The number of Topliss-reactive ketones (excluding diaryl/α,β-unsaturated/α-hetero) is 1. The van der Waals surface area contributed by atoms with E-state index < -0.39 is 79.8 Å². The Morgan fingerprint density at radius 3 is 2.43 bits per heavy atom. The molecule has 2 unspecified atom stereocenters. The number of aromatic nitrogens is 6. The largest absolute Gasteiger partial charge is 0.497 e. The zero-order chi connectivity index (χ0) is 38.1. The molecular weight excluding hydrogens is 707 g/mol. The zero-order valence-corrected chi connectivity index (χ0v) is 30.7. The summed E-state index contributed by atoms with van der Waals surface area (Å²) in [5.74, 6) is -3.36. The fourth-order valence-corrected chi connectivity index (χ4v) is 8.21. The minimum absolute atomic E-state index is 0.0704. The van der Waals surface area contributed by atoms with E-state index in [1.807, 2.05) is 0 Å². The lowest BCUT2D eigenvalue weighted by atomic mass is 9.77. The first-order valence-corrected chi connectivity index (χ1v) is 18.9. The van der Waals surface area contributed by atoms with Crippen LogP contribution in [0.5, 0.6) is 11.6 Å². The maximum atomic E-state index is 14.6. The van der Waals surface area contributed by atoms with Crippen molar-refractivity contribution < 1.29 is 37.1 Å². The summed E-state index contributed by atoms with van der Waals surface area (Å²) in [6, 6.07) is 5.37. The predicted octanol–water partition coefficient (Wildman–Crippen LogP) is 2.54. The Bertz CT molecular complexity index is 1980. The molecular formula is C35H43N9O8S. The second-order valence-corrected chi connectivity index (χ2v) is 16.8. The molecule has 6 atom stereocenters. The highest BCUT2D eigenvalue weighted by Gasteiger charge is 2.62. The number of ether oxygens (including phenoxy) is 2. The topological polar surface area (TPSA) is 226 Å². The van der Waals surface area contributed by atoms with E-state index in [-0.39, 0.29) is 25.1 Å². The number of carbonyl (C=O) groups excluding carboxylic acids is 4. The fraction of sp³-hybridized carbons (Fsp3) is 0.514. The second-order valence-electron chi connectivity index (χ2n) is 14.8. The Morgan fingerprint density at radius 2 is 1.81 bits per heavy atom. The third-order valence-corrected chi connectivity index (χ3v) is 11.8. The Labute approximate surface area is 306 Å². The lowest BCUT2D eigenvalue weighted by Gasteiger charge is -2.33. The highest BCUT2D eigenvalue weighted by Crippen LogP contribution is 2.49. The molecule has 1 aromatic carbocycles. The highest BCUT2D eigenvalue weighted by molar-refractivity contribution is 7.91. The first-order valence-electron chi connectivity index (χ1n) is 17.4. The van der Waals surface area contributed by atoms with Gasteiger partial charge >= 0.3 is 6.09 Å². The molecule has 282 valence electrons. The van der Waals surface area contributed by atoms with Crippen LogP contribution in [0.25, 0.3) is 11.4 Å². The number of allylic oxidation sites excluding steroid dienone is 1. The number of rotatable bonds is 14. The molecule has 3 fully saturated rings. The molecule has 3 saturated carbocycles. The van der Waals surface area contributed by atoms with Crippen molar-refractivity contribution in [1.82, 2.24) is 45.5 Å². The van der Waals surface area contributed by atoms with Crippen LogP contribution in [0.2, 0.25) is 0 Å². The summed E-state index contributed by atoms with van der Waals surface area (Å²) in [5, 5.41) is 17.9. The zero-order valence-electron chi connectivity index (χ0n) is 29.9. The van der Waals surface area contributed by atoms with Gasteiger partial charge in [-0.2, -0.15) is 4.80 Å². The predicted molar refractivity (Wildman–Crippen MR) is 188 cm³/mol. The summed E-state index contributed by atoms with van der Waals surface area (Å²) in [4.78, 5) is 64.7. The van der Waals surface area contributed by atoms with E-state index in [1.54, 1.807) is 58.2 Å². The first-order chi connectivity index (χ1) is 25.1. The van der Waals surface area contributed by atoms with Gasteiger partial charge in [0, 0.05) is 29.8 Å². The maximum absolute atomic E-state index is 14.6. The molecule has 18 heteroatoms. The van der Waals surface area contributed by atoms with Crippen molar-refractivity contribution >= 4 is 33.7 Å². The average molecular weight is 750 g/mol. The van der Waals surface area contributed by atoms with E-state index in [0.717, 1.165) is 0 Å². The SMILES string of the molecule is C=CC[C@@H]1C[C@@]1(NC(=O)[C@@H]1C[C@@H](n2nnc(-c3ccc(OC)cc3)n2)CC1C(=O)C(NC(=O)Oc1cnccn1)C(C)(C)C)C(=O)NS(=O)(=O)C1CC1. The van der Waals surface area contributed by atoms with Crippen LogP contribution in [0.4, 0.5) is 4.79 Å². The van der Waals surface area contributed by atoms with Gasteiger partial charge in [0.05, 0.1) is 30.6 Å². The van der Waals surface area contributed by atoms with Gasteiger partial charge in [0.15, 0.2) is 5.78 Å². The van der Waals surface area contributed by atoms with Crippen LogP contribution in [0.1, 0.15) is 65.3 Å². The van der Waals surface area contributed by atoms with Gasteiger partial charge in [-0.05, 0) is 79.3 Å². The lowest BCUT2D eigenvalue weighted by molar-refractivity contribution is -0.137. The molecule has 3 aliphatic carbocycles. The van der Waals surface area contributed by atoms with Gasteiger partial charge in [-0.3, -0.25) is 24.1 Å². The van der Waals surface area contributed by atoms with Crippen molar-refractivity contribution in [2.75, 3.05) is 7.11 Å². The van der Waals surface area contributed by atoms with E-state index in [0.29, 0.717) is 36.4 Å². The smallest absolute Gasteiger partial charge is 0.414 e. The van der Waals surface area contributed by atoms with Crippen molar-refractivity contribution in [3.05, 3.63) is 55.5 Å². The summed E-state index contributed by atoms with van der Waals surface area (Å²) < 4.78 is 38.2. The van der Waals surface area contributed by atoms with E-state index >= 15 is 0 Å². The van der Waals surface area contributed by atoms with E-state index in [2.05, 4.69) is 47.3 Å².